The van der Waals surface area contributed by atoms with Gasteiger partial charge in [-0.15, -0.1) is 0 Å². The Morgan fingerprint density at radius 1 is 1.26 bits per heavy atom. The number of pyridine rings is 2. The van der Waals surface area contributed by atoms with Crippen molar-refractivity contribution in [3.8, 4) is 11.5 Å². The molecule has 4 heterocycles. The molecule has 3 aromatic rings. The van der Waals surface area contributed by atoms with Crippen molar-refractivity contribution in [1.29, 1.82) is 0 Å². The summed E-state index contributed by atoms with van der Waals surface area (Å²) in [5.41, 5.74) is 6.97. The van der Waals surface area contributed by atoms with Gasteiger partial charge in [-0.1, -0.05) is 0 Å². The summed E-state index contributed by atoms with van der Waals surface area (Å²) >= 11 is 0. The Morgan fingerprint density at radius 3 is 2.81 bits per heavy atom. The molecule has 1 saturated heterocycles. The summed E-state index contributed by atoms with van der Waals surface area (Å²) in [6, 6.07) is 3.24. The molecule has 2 atom stereocenters. The van der Waals surface area contributed by atoms with Gasteiger partial charge in [0.05, 0.1) is 24.9 Å². The number of aromatic nitrogens is 3. The highest BCUT2D eigenvalue weighted by molar-refractivity contribution is 5.85. The van der Waals surface area contributed by atoms with Gasteiger partial charge in [-0.3, -0.25) is 14.8 Å². The van der Waals surface area contributed by atoms with Gasteiger partial charge in [-0.05, 0) is 23.9 Å². The van der Waals surface area contributed by atoms with Crippen molar-refractivity contribution in [3.63, 3.8) is 0 Å². The molecule has 0 bridgehead atoms. The van der Waals surface area contributed by atoms with E-state index in [0.29, 0.717) is 36.0 Å². The van der Waals surface area contributed by atoms with Gasteiger partial charge in [0.2, 0.25) is 5.91 Å². The van der Waals surface area contributed by atoms with Gasteiger partial charge < -0.3 is 15.1 Å². The lowest BCUT2D eigenvalue weighted by Gasteiger charge is -2.32. The molecule has 27 heavy (non-hydrogen) atoms. The SMILES string of the molecule is Cc1ncc(-c2cc3cc(CC(=O)N4CC[C@H](N)[C@@H](F)C4)ncc3cn2)o1. The molecule has 0 unspecified atom stereocenters. The molecule has 1 aliphatic heterocycles. The van der Waals surface area contributed by atoms with Crippen molar-refractivity contribution in [3.05, 3.63) is 42.3 Å². The Labute approximate surface area is 155 Å². The maximum atomic E-state index is 13.8. The maximum Gasteiger partial charge on any atom is 0.228 e. The van der Waals surface area contributed by atoms with Gasteiger partial charge in [-0.25, -0.2) is 9.37 Å². The molecular weight excluding hydrogens is 349 g/mol. The average molecular weight is 369 g/mol. The summed E-state index contributed by atoms with van der Waals surface area (Å²) in [5.74, 6) is 1.01. The van der Waals surface area contributed by atoms with Gasteiger partial charge in [0.1, 0.15) is 11.9 Å². The molecule has 1 fully saturated rings. The summed E-state index contributed by atoms with van der Waals surface area (Å²) in [5, 5.41) is 1.76. The number of oxazole rings is 1. The van der Waals surface area contributed by atoms with Crippen molar-refractivity contribution in [2.75, 3.05) is 13.1 Å². The van der Waals surface area contributed by atoms with Crippen LogP contribution in [0.25, 0.3) is 22.2 Å². The van der Waals surface area contributed by atoms with Crippen LogP contribution in [0.5, 0.6) is 0 Å². The number of piperidine rings is 1. The predicted molar refractivity (Wildman–Crippen MR) is 97.5 cm³/mol. The molecule has 140 valence electrons. The van der Waals surface area contributed by atoms with Gasteiger partial charge >= 0.3 is 0 Å². The third-order valence-corrected chi connectivity index (χ3v) is 4.81. The van der Waals surface area contributed by atoms with Crippen LogP contribution in [0.1, 0.15) is 18.0 Å². The minimum absolute atomic E-state index is 0.0481. The molecule has 0 aliphatic carbocycles. The molecule has 0 radical (unpaired) electrons. The lowest BCUT2D eigenvalue weighted by Crippen LogP contribution is -2.50. The summed E-state index contributed by atoms with van der Waals surface area (Å²) in [7, 11) is 0. The van der Waals surface area contributed by atoms with E-state index < -0.39 is 12.2 Å². The largest absolute Gasteiger partial charge is 0.439 e. The smallest absolute Gasteiger partial charge is 0.228 e. The number of amides is 1. The number of carbonyl (C=O) groups is 1. The molecular formula is C19H20FN5O2. The highest BCUT2D eigenvalue weighted by atomic mass is 19.1. The molecule has 1 amide bonds. The van der Waals surface area contributed by atoms with Crippen molar-refractivity contribution < 1.29 is 13.6 Å². The molecule has 8 heteroatoms. The number of halogens is 1. The number of alkyl halides is 1. The normalized spacial score (nSPS) is 20.2. The number of nitrogens with zero attached hydrogens (tertiary/aromatic N) is 4. The lowest BCUT2D eigenvalue weighted by atomic mass is 10.0. The first-order chi connectivity index (χ1) is 13.0. The number of rotatable bonds is 3. The van der Waals surface area contributed by atoms with Crippen molar-refractivity contribution in [2.45, 2.75) is 32.0 Å². The van der Waals surface area contributed by atoms with E-state index >= 15 is 0 Å². The Hall–Kier alpha value is -2.87. The Bertz CT molecular complexity index is 989. The quantitative estimate of drug-likeness (QED) is 0.759. The fraction of sp³-hybridized carbons (Fsp3) is 0.368. The molecule has 1 aliphatic rings. The zero-order chi connectivity index (χ0) is 19.0. The topological polar surface area (TPSA) is 98.1 Å². The summed E-state index contributed by atoms with van der Waals surface area (Å²) < 4.78 is 19.3. The fourth-order valence-electron chi connectivity index (χ4n) is 3.21. The molecule has 7 nitrogen and oxygen atoms in total. The average Bonchev–Trinajstić information content (AvgIpc) is 3.09. The van der Waals surface area contributed by atoms with Gasteiger partial charge in [0.15, 0.2) is 11.7 Å². The molecule has 4 rings (SSSR count). The van der Waals surface area contributed by atoms with Crippen molar-refractivity contribution in [2.24, 2.45) is 5.73 Å². The minimum Gasteiger partial charge on any atom is -0.439 e. The third-order valence-electron chi connectivity index (χ3n) is 4.81. The predicted octanol–water partition coefficient (Wildman–Crippen LogP) is 2.03. The van der Waals surface area contributed by atoms with Gasteiger partial charge in [0, 0.05) is 37.3 Å². The van der Waals surface area contributed by atoms with Crippen molar-refractivity contribution in [1.82, 2.24) is 19.9 Å². The summed E-state index contributed by atoms with van der Waals surface area (Å²) in [4.78, 5) is 26.8. The van der Waals surface area contributed by atoms with E-state index in [4.69, 9.17) is 10.2 Å². The lowest BCUT2D eigenvalue weighted by molar-refractivity contribution is -0.132. The fourth-order valence-corrected chi connectivity index (χ4v) is 3.21. The van der Waals surface area contributed by atoms with E-state index in [2.05, 4.69) is 15.0 Å². The Balaban J connectivity index is 1.54. The van der Waals surface area contributed by atoms with Crippen LogP contribution in [0.15, 0.2) is 35.1 Å². The number of nitrogens with two attached hydrogens (primary N) is 1. The Morgan fingerprint density at radius 2 is 2.07 bits per heavy atom. The summed E-state index contributed by atoms with van der Waals surface area (Å²) in [6.45, 7) is 2.30. The van der Waals surface area contributed by atoms with E-state index in [-0.39, 0.29) is 18.9 Å². The van der Waals surface area contributed by atoms with E-state index in [9.17, 15) is 9.18 Å². The van der Waals surface area contributed by atoms with Gasteiger partial charge in [-0.2, -0.15) is 0 Å². The molecule has 0 aromatic carbocycles. The molecule has 2 N–H and O–H groups in total. The number of hydrogen-bond acceptors (Lipinski definition) is 6. The zero-order valence-corrected chi connectivity index (χ0v) is 14.9. The van der Waals surface area contributed by atoms with E-state index in [1.54, 1.807) is 25.5 Å². The molecule has 3 aromatic heterocycles. The Kier molecular flexibility index (Phi) is 4.57. The van der Waals surface area contributed by atoms with Crippen LogP contribution in [0.3, 0.4) is 0 Å². The second-order valence-electron chi connectivity index (χ2n) is 6.82. The first-order valence-corrected chi connectivity index (χ1v) is 8.84. The monoisotopic (exact) mass is 369 g/mol. The highest BCUT2D eigenvalue weighted by Crippen LogP contribution is 2.23. The molecule has 0 spiro atoms. The van der Waals surface area contributed by atoms with Gasteiger partial charge in [0.25, 0.3) is 0 Å². The summed E-state index contributed by atoms with van der Waals surface area (Å²) in [6.07, 6.45) is 4.45. The zero-order valence-electron chi connectivity index (χ0n) is 14.9. The first-order valence-electron chi connectivity index (χ1n) is 8.84. The van der Waals surface area contributed by atoms with Crippen LogP contribution in [0, 0.1) is 6.92 Å². The number of likely N-dealkylation sites (tertiary alicyclic amines) is 1. The second kappa shape index (κ2) is 7.03. The number of hydrogen-bond donors (Lipinski definition) is 1. The van der Waals surface area contributed by atoms with Crippen molar-refractivity contribution >= 4 is 16.7 Å². The first kappa shape index (κ1) is 17.5. The van der Waals surface area contributed by atoms with E-state index in [1.807, 2.05) is 12.1 Å². The van der Waals surface area contributed by atoms with E-state index in [0.717, 1.165) is 10.8 Å². The number of fused-ring (bicyclic) bond motifs is 1. The minimum atomic E-state index is -1.17. The standard InChI is InChI=1S/C19H20FN5O2/c1-11-22-9-18(27-11)17-5-12-4-14(23-7-13(12)8-24-17)6-19(26)25-3-2-16(21)15(20)10-25/h4-5,7-9,15-16H,2-3,6,10,21H2,1H3/t15-,16-/m0/s1. The maximum absolute atomic E-state index is 13.8. The number of carbonyl (C=O) groups excluding carboxylic acids is 1. The molecule has 0 saturated carbocycles. The van der Waals surface area contributed by atoms with Crippen LogP contribution in [-0.2, 0) is 11.2 Å². The van der Waals surface area contributed by atoms with Crippen LogP contribution >= 0.6 is 0 Å². The second-order valence-corrected chi connectivity index (χ2v) is 6.82. The van der Waals surface area contributed by atoms with Crippen LogP contribution in [0.4, 0.5) is 4.39 Å². The van der Waals surface area contributed by atoms with Crippen LogP contribution in [0.2, 0.25) is 0 Å². The van der Waals surface area contributed by atoms with Crippen LogP contribution in [-0.4, -0.2) is 51.1 Å². The van der Waals surface area contributed by atoms with E-state index in [1.165, 1.54) is 4.90 Å². The highest BCUT2D eigenvalue weighted by Gasteiger charge is 2.29. The third kappa shape index (κ3) is 3.66. The number of aryl methyl sites for hydroxylation is 1. The van der Waals surface area contributed by atoms with Crippen LogP contribution < -0.4 is 5.73 Å².